The van der Waals surface area contributed by atoms with Gasteiger partial charge in [0.05, 0.1) is 12.6 Å². The van der Waals surface area contributed by atoms with Crippen molar-refractivity contribution in [3.8, 4) is 0 Å². The number of rotatable bonds is 7. The summed E-state index contributed by atoms with van der Waals surface area (Å²) in [6, 6.07) is 16.4. The lowest BCUT2D eigenvalue weighted by molar-refractivity contribution is -0.132. The van der Waals surface area contributed by atoms with Gasteiger partial charge < -0.3 is 20.0 Å². The first-order valence-electron chi connectivity index (χ1n) is 12.6. The van der Waals surface area contributed by atoms with Gasteiger partial charge in [-0.3, -0.25) is 9.59 Å². The van der Waals surface area contributed by atoms with E-state index in [1.165, 1.54) is 37.7 Å². The maximum absolute atomic E-state index is 12.7. The molecule has 2 aromatic rings. The number of anilines is 2. The zero-order chi connectivity index (χ0) is 24.1. The first-order chi connectivity index (χ1) is 16.4. The number of benzene rings is 2. The molecular weight excluding hydrogens is 424 g/mol. The average Bonchev–Trinajstić information content (AvgIpc) is 3.34. The molecule has 1 atom stereocenters. The number of nitrogens with one attached hydrogen (secondary N) is 1. The molecule has 6 nitrogen and oxygen atoms in total. The molecule has 1 unspecified atom stereocenters. The van der Waals surface area contributed by atoms with Crippen LogP contribution in [0.15, 0.2) is 48.5 Å². The Bertz CT molecular complexity index is 965. The molecule has 6 heteroatoms. The summed E-state index contributed by atoms with van der Waals surface area (Å²) in [6.45, 7) is 2.18. The van der Waals surface area contributed by atoms with Crippen molar-refractivity contribution < 1.29 is 9.59 Å². The zero-order valence-corrected chi connectivity index (χ0v) is 20.8. The minimum absolute atomic E-state index is 0.0785. The van der Waals surface area contributed by atoms with Gasteiger partial charge in [-0.2, -0.15) is 0 Å². The topological polar surface area (TPSA) is 55.9 Å². The van der Waals surface area contributed by atoms with Crippen LogP contribution in [0.2, 0.25) is 0 Å². The van der Waals surface area contributed by atoms with E-state index in [2.05, 4.69) is 22.3 Å². The Morgan fingerprint density at radius 2 is 1.59 bits per heavy atom. The van der Waals surface area contributed by atoms with Gasteiger partial charge in [-0.25, -0.2) is 0 Å². The first kappa shape index (κ1) is 24.3. The fourth-order valence-corrected chi connectivity index (χ4v) is 5.18. The lowest BCUT2D eigenvalue weighted by Crippen LogP contribution is -2.43. The van der Waals surface area contributed by atoms with Crippen LogP contribution in [-0.2, 0) is 4.79 Å². The fourth-order valence-electron chi connectivity index (χ4n) is 5.18. The Hall–Kier alpha value is -2.86. The van der Waals surface area contributed by atoms with Gasteiger partial charge in [0, 0.05) is 37.1 Å². The molecule has 0 aromatic heterocycles. The lowest BCUT2D eigenvalue weighted by Gasteiger charge is -2.26. The van der Waals surface area contributed by atoms with Crippen LogP contribution in [0.3, 0.4) is 0 Å². The van der Waals surface area contributed by atoms with E-state index in [4.69, 9.17) is 0 Å². The first-order valence-corrected chi connectivity index (χ1v) is 12.6. The molecule has 2 fully saturated rings. The number of likely N-dealkylation sites (N-methyl/N-ethyl adjacent to an activating group) is 2. The molecule has 1 saturated heterocycles. The van der Waals surface area contributed by atoms with Crippen molar-refractivity contribution in [1.82, 2.24) is 9.80 Å². The van der Waals surface area contributed by atoms with Crippen molar-refractivity contribution in [2.45, 2.75) is 50.5 Å². The molecule has 2 amide bonds. The molecule has 1 heterocycles. The third-order valence-corrected chi connectivity index (χ3v) is 7.30. The monoisotopic (exact) mass is 462 g/mol. The molecule has 1 aliphatic carbocycles. The molecule has 2 aliphatic rings. The van der Waals surface area contributed by atoms with E-state index in [1.807, 2.05) is 67.3 Å². The average molecular weight is 463 g/mol. The van der Waals surface area contributed by atoms with Crippen LogP contribution in [0.25, 0.3) is 0 Å². The fraction of sp³-hybridized carbons (Fsp3) is 0.500. The second kappa shape index (κ2) is 11.0. The van der Waals surface area contributed by atoms with Crippen LogP contribution in [-0.4, -0.2) is 68.4 Å². The molecule has 1 saturated carbocycles. The molecule has 182 valence electrons. The minimum atomic E-state index is -0.0785. The maximum atomic E-state index is 12.7. The highest BCUT2D eigenvalue weighted by atomic mass is 16.2. The number of carbonyl (C=O) groups excluding carboxylic acids is 2. The van der Waals surface area contributed by atoms with Crippen molar-refractivity contribution in [3.63, 3.8) is 0 Å². The van der Waals surface area contributed by atoms with Gasteiger partial charge in [0.25, 0.3) is 5.91 Å². The predicted octanol–water partition coefficient (Wildman–Crippen LogP) is 4.59. The summed E-state index contributed by atoms with van der Waals surface area (Å²) < 4.78 is 0. The minimum Gasteiger partial charge on any atom is -0.369 e. The van der Waals surface area contributed by atoms with Crippen LogP contribution in [0.4, 0.5) is 11.4 Å². The quantitative estimate of drug-likeness (QED) is 0.654. The van der Waals surface area contributed by atoms with Crippen LogP contribution in [0, 0.1) is 0 Å². The Labute approximate surface area is 203 Å². The summed E-state index contributed by atoms with van der Waals surface area (Å²) in [4.78, 5) is 31.2. The van der Waals surface area contributed by atoms with E-state index in [1.54, 1.807) is 0 Å². The van der Waals surface area contributed by atoms with Gasteiger partial charge >= 0.3 is 0 Å². The van der Waals surface area contributed by atoms with Gasteiger partial charge in [0.15, 0.2) is 0 Å². The van der Waals surface area contributed by atoms with Crippen LogP contribution in [0.1, 0.15) is 60.4 Å². The zero-order valence-electron chi connectivity index (χ0n) is 20.8. The molecule has 1 N–H and O–H groups in total. The molecular formula is C28H38N4O2. The summed E-state index contributed by atoms with van der Waals surface area (Å²) in [7, 11) is 5.74. The third-order valence-electron chi connectivity index (χ3n) is 7.30. The highest BCUT2D eigenvalue weighted by molar-refractivity contribution is 6.04. The number of nitrogens with zero attached hydrogens (tertiary/aromatic N) is 3. The molecule has 0 bridgehead atoms. The van der Waals surface area contributed by atoms with Gasteiger partial charge in [0.1, 0.15) is 0 Å². The van der Waals surface area contributed by atoms with Crippen molar-refractivity contribution in [1.29, 1.82) is 0 Å². The lowest BCUT2D eigenvalue weighted by atomic mass is 9.84. The summed E-state index contributed by atoms with van der Waals surface area (Å²) in [6.07, 6.45) is 7.46. The van der Waals surface area contributed by atoms with E-state index in [-0.39, 0.29) is 17.9 Å². The van der Waals surface area contributed by atoms with E-state index < -0.39 is 0 Å². The van der Waals surface area contributed by atoms with E-state index in [9.17, 15) is 9.59 Å². The Balaban J connectivity index is 1.30. The number of hydrogen-bond donors (Lipinski definition) is 1. The van der Waals surface area contributed by atoms with E-state index in [0.29, 0.717) is 18.0 Å². The largest absolute Gasteiger partial charge is 0.369 e. The van der Waals surface area contributed by atoms with Gasteiger partial charge in [-0.1, -0.05) is 31.4 Å². The summed E-state index contributed by atoms with van der Waals surface area (Å²) >= 11 is 0. The molecule has 0 spiro atoms. The summed E-state index contributed by atoms with van der Waals surface area (Å²) in [5.41, 5.74) is 3.96. The van der Waals surface area contributed by atoms with Gasteiger partial charge in [-0.05, 0) is 81.2 Å². The normalized spacial score (nSPS) is 18.8. The van der Waals surface area contributed by atoms with Crippen LogP contribution < -0.4 is 10.2 Å². The van der Waals surface area contributed by atoms with Crippen molar-refractivity contribution in [2.24, 2.45) is 0 Å². The van der Waals surface area contributed by atoms with E-state index in [0.717, 1.165) is 30.9 Å². The number of hydrogen-bond acceptors (Lipinski definition) is 4. The van der Waals surface area contributed by atoms with Gasteiger partial charge in [-0.15, -0.1) is 0 Å². The second-order valence-electron chi connectivity index (χ2n) is 10.1. The van der Waals surface area contributed by atoms with Crippen molar-refractivity contribution in [2.75, 3.05) is 51.0 Å². The second-order valence-corrected chi connectivity index (χ2v) is 10.1. The Kier molecular flexibility index (Phi) is 7.88. The van der Waals surface area contributed by atoms with Crippen LogP contribution >= 0.6 is 0 Å². The van der Waals surface area contributed by atoms with Crippen LogP contribution in [0.5, 0.6) is 0 Å². The van der Waals surface area contributed by atoms with Crippen molar-refractivity contribution in [3.05, 3.63) is 59.7 Å². The van der Waals surface area contributed by atoms with Gasteiger partial charge in [0.2, 0.25) is 5.91 Å². The number of carbonyl (C=O) groups is 2. The highest BCUT2D eigenvalue weighted by Gasteiger charge is 2.28. The number of amides is 2. The van der Waals surface area contributed by atoms with Crippen molar-refractivity contribution >= 4 is 23.2 Å². The van der Waals surface area contributed by atoms with E-state index >= 15 is 0 Å². The standard InChI is InChI=1S/C28H38N4O2/c1-30(2)20-27(33)31(3)26-17-18-32(19-26)25-15-13-24(14-16-25)29-28(34)23-11-9-22(10-12-23)21-7-5-4-6-8-21/h9-16,21,26H,4-8,17-20H2,1-3H3,(H,29,34). The highest BCUT2D eigenvalue weighted by Crippen LogP contribution is 2.32. The smallest absolute Gasteiger partial charge is 0.255 e. The molecule has 34 heavy (non-hydrogen) atoms. The molecule has 4 rings (SSSR count). The molecule has 1 aliphatic heterocycles. The maximum Gasteiger partial charge on any atom is 0.255 e. The molecule has 2 aromatic carbocycles. The predicted molar refractivity (Wildman–Crippen MR) is 139 cm³/mol. The Morgan fingerprint density at radius 3 is 2.24 bits per heavy atom. The summed E-state index contributed by atoms with van der Waals surface area (Å²) in [5, 5.41) is 3.02. The Morgan fingerprint density at radius 1 is 0.912 bits per heavy atom. The SMILES string of the molecule is CN(C)CC(=O)N(C)C1CCN(c2ccc(NC(=O)c3ccc(C4CCCCC4)cc3)cc2)C1. The third kappa shape index (κ3) is 5.98. The summed E-state index contributed by atoms with van der Waals surface area (Å²) in [5.74, 6) is 0.723. The molecule has 0 radical (unpaired) electrons.